The van der Waals surface area contributed by atoms with Gasteiger partial charge in [-0.25, -0.2) is 4.79 Å². The predicted octanol–water partition coefficient (Wildman–Crippen LogP) is 0.170. The SMILES string of the molecule is CC1CCN(C2CCOC2=O)C1=O. The summed E-state index contributed by atoms with van der Waals surface area (Å²) < 4.78 is 4.83. The average molecular weight is 183 g/mol. The quantitative estimate of drug-likeness (QED) is 0.544. The van der Waals surface area contributed by atoms with Gasteiger partial charge in [0.25, 0.3) is 0 Å². The van der Waals surface area contributed by atoms with Crippen LogP contribution in [0.1, 0.15) is 19.8 Å². The van der Waals surface area contributed by atoms with Crippen molar-refractivity contribution in [2.75, 3.05) is 13.2 Å². The van der Waals surface area contributed by atoms with Gasteiger partial charge in [0.2, 0.25) is 5.91 Å². The van der Waals surface area contributed by atoms with E-state index in [1.54, 1.807) is 4.90 Å². The van der Waals surface area contributed by atoms with Crippen molar-refractivity contribution in [3.8, 4) is 0 Å². The smallest absolute Gasteiger partial charge is 0.328 e. The molecular weight excluding hydrogens is 170 g/mol. The van der Waals surface area contributed by atoms with Gasteiger partial charge in [-0.05, 0) is 6.42 Å². The third-order valence-electron chi connectivity index (χ3n) is 2.79. The lowest BCUT2D eigenvalue weighted by Crippen LogP contribution is -2.40. The van der Waals surface area contributed by atoms with E-state index < -0.39 is 0 Å². The van der Waals surface area contributed by atoms with Gasteiger partial charge in [0.15, 0.2) is 0 Å². The molecule has 0 aromatic carbocycles. The first kappa shape index (κ1) is 8.53. The molecule has 0 aliphatic carbocycles. The van der Waals surface area contributed by atoms with Crippen LogP contribution in [0.2, 0.25) is 0 Å². The molecule has 0 radical (unpaired) electrons. The second-order valence-electron chi connectivity index (χ2n) is 3.69. The van der Waals surface area contributed by atoms with Crippen LogP contribution in [0.5, 0.6) is 0 Å². The number of carbonyl (C=O) groups excluding carboxylic acids is 2. The Morgan fingerprint density at radius 1 is 1.38 bits per heavy atom. The number of hydrogen-bond donors (Lipinski definition) is 0. The Hall–Kier alpha value is -1.06. The van der Waals surface area contributed by atoms with Gasteiger partial charge in [-0.15, -0.1) is 0 Å². The van der Waals surface area contributed by atoms with Crippen molar-refractivity contribution in [1.29, 1.82) is 0 Å². The van der Waals surface area contributed by atoms with E-state index >= 15 is 0 Å². The van der Waals surface area contributed by atoms with Crippen LogP contribution >= 0.6 is 0 Å². The molecule has 2 heterocycles. The van der Waals surface area contributed by atoms with Gasteiger partial charge < -0.3 is 9.64 Å². The van der Waals surface area contributed by atoms with Crippen molar-refractivity contribution in [1.82, 2.24) is 4.90 Å². The van der Waals surface area contributed by atoms with E-state index in [1.807, 2.05) is 6.92 Å². The molecule has 72 valence electrons. The molecular formula is C9H13NO3. The second-order valence-corrected chi connectivity index (χ2v) is 3.69. The first-order chi connectivity index (χ1) is 6.20. The lowest BCUT2D eigenvalue weighted by Gasteiger charge is -2.20. The van der Waals surface area contributed by atoms with Crippen molar-refractivity contribution < 1.29 is 14.3 Å². The van der Waals surface area contributed by atoms with E-state index in [4.69, 9.17) is 4.74 Å². The van der Waals surface area contributed by atoms with Crippen LogP contribution in [0.15, 0.2) is 0 Å². The molecule has 13 heavy (non-hydrogen) atoms. The van der Waals surface area contributed by atoms with Gasteiger partial charge in [0.05, 0.1) is 6.61 Å². The standard InChI is InChI=1S/C9H13NO3/c1-6-2-4-10(8(6)11)7-3-5-13-9(7)12/h6-7H,2-5H2,1H3. The van der Waals surface area contributed by atoms with Crippen molar-refractivity contribution >= 4 is 11.9 Å². The summed E-state index contributed by atoms with van der Waals surface area (Å²) in [6.07, 6.45) is 1.53. The van der Waals surface area contributed by atoms with Crippen LogP contribution in [0.4, 0.5) is 0 Å². The highest BCUT2D eigenvalue weighted by Crippen LogP contribution is 2.24. The summed E-state index contributed by atoms with van der Waals surface area (Å²) in [7, 11) is 0. The third-order valence-corrected chi connectivity index (χ3v) is 2.79. The Morgan fingerprint density at radius 2 is 2.15 bits per heavy atom. The van der Waals surface area contributed by atoms with Gasteiger partial charge in [-0.2, -0.15) is 0 Å². The molecule has 2 saturated heterocycles. The Labute approximate surface area is 76.8 Å². The highest BCUT2D eigenvalue weighted by atomic mass is 16.5. The number of esters is 1. The van der Waals surface area contributed by atoms with E-state index in [-0.39, 0.29) is 23.8 Å². The summed E-state index contributed by atoms with van der Waals surface area (Å²) in [5.41, 5.74) is 0. The van der Waals surface area contributed by atoms with Gasteiger partial charge in [-0.3, -0.25) is 4.79 Å². The summed E-state index contributed by atoms with van der Waals surface area (Å²) in [6.45, 7) is 3.07. The van der Waals surface area contributed by atoms with Crippen LogP contribution in [-0.4, -0.2) is 36.0 Å². The van der Waals surface area contributed by atoms with Gasteiger partial charge in [0, 0.05) is 18.9 Å². The molecule has 0 aromatic heterocycles. The minimum absolute atomic E-state index is 0.0772. The van der Waals surface area contributed by atoms with Crippen LogP contribution in [0.3, 0.4) is 0 Å². The second kappa shape index (κ2) is 3.01. The normalized spacial score (nSPS) is 34.1. The van der Waals surface area contributed by atoms with Gasteiger partial charge in [-0.1, -0.05) is 6.92 Å². The van der Waals surface area contributed by atoms with Crippen LogP contribution in [0, 0.1) is 5.92 Å². The highest BCUT2D eigenvalue weighted by Gasteiger charge is 2.39. The summed E-state index contributed by atoms with van der Waals surface area (Å²) in [4.78, 5) is 24.4. The molecule has 0 bridgehead atoms. The van der Waals surface area contributed by atoms with Crippen LogP contribution in [-0.2, 0) is 14.3 Å². The number of amides is 1. The monoisotopic (exact) mass is 183 g/mol. The van der Waals surface area contributed by atoms with E-state index in [2.05, 4.69) is 0 Å². The number of hydrogen-bond acceptors (Lipinski definition) is 3. The topological polar surface area (TPSA) is 46.6 Å². The highest BCUT2D eigenvalue weighted by molar-refractivity contribution is 5.87. The van der Waals surface area contributed by atoms with Crippen LogP contribution < -0.4 is 0 Å². The Bertz CT molecular complexity index is 251. The number of ether oxygens (including phenoxy) is 1. The summed E-state index contributed by atoms with van der Waals surface area (Å²) in [6, 6.07) is -0.294. The lowest BCUT2D eigenvalue weighted by molar-refractivity contribution is -0.147. The summed E-state index contributed by atoms with van der Waals surface area (Å²) in [5.74, 6) is -0.0558. The van der Waals surface area contributed by atoms with E-state index in [9.17, 15) is 9.59 Å². The van der Waals surface area contributed by atoms with E-state index in [1.165, 1.54) is 0 Å². The Morgan fingerprint density at radius 3 is 2.62 bits per heavy atom. The number of nitrogens with zero attached hydrogens (tertiary/aromatic N) is 1. The minimum Gasteiger partial charge on any atom is -0.464 e. The van der Waals surface area contributed by atoms with E-state index in [0.29, 0.717) is 19.6 Å². The average Bonchev–Trinajstić information content (AvgIpc) is 2.62. The summed E-state index contributed by atoms with van der Waals surface area (Å²) in [5, 5.41) is 0. The molecule has 2 unspecified atom stereocenters. The maximum atomic E-state index is 11.6. The zero-order valence-corrected chi connectivity index (χ0v) is 7.66. The van der Waals surface area contributed by atoms with E-state index in [0.717, 1.165) is 6.42 Å². The number of rotatable bonds is 1. The molecule has 2 aliphatic heterocycles. The fourth-order valence-electron chi connectivity index (χ4n) is 1.93. The molecule has 4 heteroatoms. The first-order valence-electron chi connectivity index (χ1n) is 4.67. The minimum atomic E-state index is -0.294. The Kier molecular flexibility index (Phi) is 1.98. The third kappa shape index (κ3) is 1.30. The van der Waals surface area contributed by atoms with Crippen molar-refractivity contribution in [3.05, 3.63) is 0 Å². The molecule has 0 spiro atoms. The fraction of sp³-hybridized carbons (Fsp3) is 0.778. The lowest BCUT2D eigenvalue weighted by atomic mass is 10.1. The van der Waals surface area contributed by atoms with Crippen molar-refractivity contribution in [3.63, 3.8) is 0 Å². The zero-order valence-electron chi connectivity index (χ0n) is 7.66. The fourth-order valence-corrected chi connectivity index (χ4v) is 1.93. The first-order valence-corrected chi connectivity index (χ1v) is 4.67. The molecule has 2 fully saturated rings. The summed E-state index contributed by atoms with van der Waals surface area (Å²) >= 11 is 0. The molecule has 4 nitrogen and oxygen atoms in total. The number of carbonyl (C=O) groups is 2. The maximum absolute atomic E-state index is 11.6. The number of cyclic esters (lactones) is 1. The molecule has 1 amide bonds. The van der Waals surface area contributed by atoms with Gasteiger partial charge in [0.1, 0.15) is 6.04 Å². The van der Waals surface area contributed by atoms with Gasteiger partial charge >= 0.3 is 5.97 Å². The van der Waals surface area contributed by atoms with Crippen LogP contribution in [0.25, 0.3) is 0 Å². The number of likely N-dealkylation sites (tertiary alicyclic amines) is 1. The zero-order chi connectivity index (χ0) is 9.42. The van der Waals surface area contributed by atoms with Crippen molar-refractivity contribution in [2.45, 2.75) is 25.8 Å². The molecule has 2 rings (SSSR count). The molecule has 0 N–H and O–H groups in total. The maximum Gasteiger partial charge on any atom is 0.328 e. The largest absolute Gasteiger partial charge is 0.464 e. The molecule has 0 saturated carbocycles. The van der Waals surface area contributed by atoms with Crippen molar-refractivity contribution in [2.24, 2.45) is 5.92 Å². The molecule has 2 atom stereocenters. The molecule has 2 aliphatic rings. The Balaban J connectivity index is 2.09. The molecule has 0 aromatic rings. The predicted molar refractivity (Wildman–Crippen MR) is 44.9 cm³/mol.